The van der Waals surface area contributed by atoms with Crippen LogP contribution in [0.15, 0.2) is 30.5 Å². The molecule has 1 heterocycles. The second-order valence-corrected chi connectivity index (χ2v) is 7.04. The molecule has 0 atom stereocenters. The van der Waals surface area contributed by atoms with Crippen LogP contribution < -0.4 is 15.6 Å². The van der Waals surface area contributed by atoms with Crippen LogP contribution in [-0.4, -0.2) is 22.9 Å². The smallest absolute Gasteiger partial charge is 0.215 e. The lowest BCUT2D eigenvalue weighted by molar-refractivity contribution is 0.192. The van der Waals surface area contributed by atoms with Gasteiger partial charge in [0, 0.05) is 5.56 Å². The van der Waals surface area contributed by atoms with Gasteiger partial charge in [0.15, 0.2) is 0 Å². The number of ether oxygens (including phenoxy) is 1. The summed E-state index contributed by atoms with van der Waals surface area (Å²) in [5, 5.41) is 6.09. The van der Waals surface area contributed by atoms with Gasteiger partial charge in [0.05, 0.1) is 31.6 Å². The maximum Gasteiger partial charge on any atom is 0.215 e. The zero-order valence-electron chi connectivity index (χ0n) is 15.5. The maximum atomic E-state index is 13.0. The summed E-state index contributed by atoms with van der Waals surface area (Å²) in [5.74, 6) is 7.36. The van der Waals surface area contributed by atoms with E-state index in [1.165, 1.54) is 44.2 Å². The van der Waals surface area contributed by atoms with Crippen LogP contribution in [0.4, 0.5) is 10.1 Å². The molecule has 1 fully saturated rings. The average Bonchev–Trinajstić information content (AvgIpc) is 3.07. The van der Waals surface area contributed by atoms with E-state index in [9.17, 15) is 4.39 Å². The summed E-state index contributed by atoms with van der Waals surface area (Å²) >= 11 is 0. The van der Waals surface area contributed by atoms with Crippen molar-refractivity contribution in [2.45, 2.75) is 52.0 Å². The number of hydrogen-bond acceptors (Lipinski definition) is 4. The average molecular weight is 360 g/mol. The van der Waals surface area contributed by atoms with Crippen LogP contribution in [-0.2, 0) is 13.0 Å². The number of aryl methyl sites for hydroxylation is 1. The van der Waals surface area contributed by atoms with Gasteiger partial charge in [0.25, 0.3) is 0 Å². The SMILES string of the molecule is CCc1cnn(CCN(N)c2ccc(F)cc2)c1OCC1CCCCC1. The molecule has 2 N–H and O–H groups in total. The first-order valence-electron chi connectivity index (χ1n) is 9.62. The molecule has 0 bridgehead atoms. The fourth-order valence-electron chi connectivity index (χ4n) is 3.50. The minimum absolute atomic E-state index is 0.264. The number of rotatable bonds is 8. The van der Waals surface area contributed by atoms with Crippen molar-refractivity contribution in [3.63, 3.8) is 0 Å². The third-order valence-corrected chi connectivity index (χ3v) is 5.13. The van der Waals surface area contributed by atoms with Crippen molar-refractivity contribution in [2.75, 3.05) is 18.2 Å². The van der Waals surface area contributed by atoms with Crippen molar-refractivity contribution in [1.29, 1.82) is 0 Å². The molecule has 0 amide bonds. The number of hydrazine groups is 1. The second-order valence-electron chi connectivity index (χ2n) is 7.04. The van der Waals surface area contributed by atoms with Crippen LogP contribution in [0, 0.1) is 11.7 Å². The highest BCUT2D eigenvalue weighted by Crippen LogP contribution is 2.26. The van der Waals surface area contributed by atoms with Gasteiger partial charge in [-0.25, -0.2) is 14.9 Å². The first-order valence-corrected chi connectivity index (χ1v) is 9.62. The molecule has 26 heavy (non-hydrogen) atoms. The molecule has 0 saturated heterocycles. The number of benzene rings is 1. The molecule has 1 aromatic heterocycles. The van der Waals surface area contributed by atoms with Gasteiger partial charge in [-0.1, -0.05) is 26.2 Å². The Balaban J connectivity index is 1.60. The summed E-state index contributed by atoms with van der Waals surface area (Å²) in [4.78, 5) is 0. The number of aromatic nitrogens is 2. The fraction of sp³-hybridized carbons (Fsp3) is 0.550. The molecule has 0 radical (unpaired) electrons. The van der Waals surface area contributed by atoms with Gasteiger partial charge < -0.3 is 9.75 Å². The molecule has 1 aromatic carbocycles. The Morgan fingerprint density at radius 3 is 2.65 bits per heavy atom. The van der Waals surface area contributed by atoms with E-state index in [4.69, 9.17) is 10.6 Å². The Labute approximate surface area is 154 Å². The molecule has 1 saturated carbocycles. The highest BCUT2D eigenvalue weighted by Gasteiger charge is 2.17. The van der Waals surface area contributed by atoms with Gasteiger partial charge in [-0.15, -0.1) is 0 Å². The minimum Gasteiger partial charge on any atom is -0.477 e. The van der Waals surface area contributed by atoms with Gasteiger partial charge in [-0.3, -0.25) is 0 Å². The molecule has 1 aliphatic carbocycles. The quantitative estimate of drug-likeness (QED) is 0.572. The predicted molar refractivity (Wildman–Crippen MR) is 102 cm³/mol. The largest absolute Gasteiger partial charge is 0.477 e. The molecule has 0 spiro atoms. The monoisotopic (exact) mass is 360 g/mol. The lowest BCUT2D eigenvalue weighted by atomic mass is 9.90. The summed E-state index contributed by atoms with van der Waals surface area (Å²) < 4.78 is 21.1. The molecular formula is C20H29FN4O. The van der Waals surface area contributed by atoms with Gasteiger partial charge in [-0.2, -0.15) is 5.10 Å². The number of anilines is 1. The minimum atomic E-state index is -0.264. The van der Waals surface area contributed by atoms with Gasteiger partial charge in [0.1, 0.15) is 5.82 Å². The molecule has 5 nitrogen and oxygen atoms in total. The first kappa shape index (κ1) is 18.7. The molecule has 0 unspecified atom stereocenters. The van der Waals surface area contributed by atoms with Crippen LogP contribution >= 0.6 is 0 Å². The molecule has 6 heteroatoms. The zero-order chi connectivity index (χ0) is 18.4. The highest BCUT2D eigenvalue weighted by atomic mass is 19.1. The topological polar surface area (TPSA) is 56.3 Å². The maximum absolute atomic E-state index is 13.0. The second kappa shape index (κ2) is 9.03. The predicted octanol–water partition coefficient (Wildman–Crippen LogP) is 3.92. The Hall–Kier alpha value is -2.08. The number of hydrogen-bond donors (Lipinski definition) is 1. The van der Waals surface area contributed by atoms with Crippen molar-refractivity contribution in [3.05, 3.63) is 41.8 Å². The molecule has 142 valence electrons. The lowest BCUT2D eigenvalue weighted by Crippen LogP contribution is -2.34. The summed E-state index contributed by atoms with van der Waals surface area (Å²) in [5.41, 5.74) is 1.91. The first-order chi connectivity index (χ1) is 12.7. The Bertz CT molecular complexity index is 680. The highest BCUT2D eigenvalue weighted by molar-refractivity contribution is 5.44. The van der Waals surface area contributed by atoms with Crippen molar-refractivity contribution in [3.8, 4) is 5.88 Å². The van der Waals surface area contributed by atoms with E-state index in [0.717, 1.165) is 30.2 Å². The summed E-state index contributed by atoms with van der Waals surface area (Å²) in [6.07, 6.45) is 9.28. The van der Waals surface area contributed by atoms with Crippen molar-refractivity contribution in [2.24, 2.45) is 11.8 Å². The van der Waals surface area contributed by atoms with E-state index in [1.807, 2.05) is 10.9 Å². The van der Waals surface area contributed by atoms with E-state index < -0.39 is 0 Å². The van der Waals surface area contributed by atoms with E-state index >= 15 is 0 Å². The van der Waals surface area contributed by atoms with Crippen molar-refractivity contribution in [1.82, 2.24) is 9.78 Å². The van der Waals surface area contributed by atoms with E-state index in [2.05, 4.69) is 12.0 Å². The third-order valence-electron chi connectivity index (χ3n) is 5.13. The molecule has 2 aromatic rings. The van der Waals surface area contributed by atoms with Crippen LogP contribution in [0.2, 0.25) is 0 Å². The summed E-state index contributed by atoms with van der Waals surface area (Å²) in [6, 6.07) is 6.18. The molecular weight excluding hydrogens is 331 g/mol. The lowest BCUT2D eigenvalue weighted by Gasteiger charge is -2.23. The Kier molecular flexibility index (Phi) is 6.50. The normalized spacial score (nSPS) is 15.2. The van der Waals surface area contributed by atoms with Crippen LogP contribution in [0.5, 0.6) is 5.88 Å². The molecule has 1 aliphatic rings. The van der Waals surface area contributed by atoms with Gasteiger partial charge in [-0.05, 0) is 49.4 Å². The third kappa shape index (κ3) is 4.75. The number of halogens is 1. The number of nitrogens with two attached hydrogens (primary N) is 1. The Morgan fingerprint density at radius 1 is 1.23 bits per heavy atom. The zero-order valence-corrected chi connectivity index (χ0v) is 15.5. The van der Waals surface area contributed by atoms with Crippen LogP contribution in [0.25, 0.3) is 0 Å². The van der Waals surface area contributed by atoms with Crippen LogP contribution in [0.3, 0.4) is 0 Å². The van der Waals surface area contributed by atoms with Crippen molar-refractivity contribution < 1.29 is 9.13 Å². The van der Waals surface area contributed by atoms with Crippen molar-refractivity contribution >= 4 is 5.69 Å². The Morgan fingerprint density at radius 2 is 1.96 bits per heavy atom. The van der Waals surface area contributed by atoms with Crippen LogP contribution in [0.1, 0.15) is 44.6 Å². The summed E-state index contributed by atoms with van der Waals surface area (Å²) in [6.45, 7) is 4.07. The number of nitrogens with zero attached hydrogens (tertiary/aromatic N) is 3. The summed E-state index contributed by atoms with van der Waals surface area (Å²) in [7, 11) is 0. The van der Waals surface area contributed by atoms with Gasteiger partial charge in [0.2, 0.25) is 5.88 Å². The van der Waals surface area contributed by atoms with E-state index in [1.54, 1.807) is 17.1 Å². The molecule has 0 aliphatic heterocycles. The van der Waals surface area contributed by atoms with E-state index in [-0.39, 0.29) is 5.82 Å². The molecule has 3 rings (SSSR count). The standard InChI is InChI=1S/C20H29FN4O/c1-2-17-14-23-25(20(17)26-15-16-6-4-3-5-7-16)13-12-24(22)19-10-8-18(21)9-11-19/h8-11,14,16H,2-7,12-13,15,22H2,1H3. The fourth-order valence-corrected chi connectivity index (χ4v) is 3.50. The van der Waals surface area contributed by atoms with Gasteiger partial charge >= 0.3 is 0 Å². The van der Waals surface area contributed by atoms with E-state index in [0.29, 0.717) is 19.0 Å².